The average molecular weight is 181 g/mol. The molecule has 70 valence electrons. The normalized spacial score (nSPS) is 41.0. The van der Waals surface area contributed by atoms with Gasteiger partial charge in [0.15, 0.2) is 0 Å². The van der Waals surface area contributed by atoms with E-state index in [1.165, 1.54) is 6.92 Å². The average Bonchev–Trinajstić information content (AvgIpc) is 2.60. The van der Waals surface area contributed by atoms with Crippen LogP contribution in [-0.4, -0.2) is 24.0 Å². The van der Waals surface area contributed by atoms with Gasteiger partial charge < -0.3 is 14.6 Å². The number of rotatable bonds is 2. The zero-order chi connectivity index (χ0) is 9.59. The number of hydrogen-bond acceptors (Lipinski definition) is 4. The summed E-state index contributed by atoms with van der Waals surface area (Å²) in [6.45, 7) is 1.39. The van der Waals surface area contributed by atoms with Gasteiger partial charge in [0.25, 0.3) is 0 Å². The molecule has 2 unspecified atom stereocenters. The molecular formula is C9H9O4-. The summed E-state index contributed by atoms with van der Waals surface area (Å²) >= 11 is 0. The maximum atomic E-state index is 11.1. The molecule has 4 nitrogen and oxygen atoms in total. The number of carbonyl (C=O) groups is 2. The van der Waals surface area contributed by atoms with Crippen molar-refractivity contribution in [3.05, 3.63) is 12.2 Å². The first-order chi connectivity index (χ1) is 6.11. The summed E-state index contributed by atoms with van der Waals surface area (Å²) in [6, 6.07) is 0. The molecule has 4 atom stereocenters. The molecule has 0 aromatic heterocycles. The van der Waals surface area contributed by atoms with E-state index in [-0.39, 0.29) is 11.9 Å². The van der Waals surface area contributed by atoms with Crippen molar-refractivity contribution in [3.8, 4) is 0 Å². The number of fused-ring (bicyclic) bond motifs is 2. The van der Waals surface area contributed by atoms with Crippen molar-refractivity contribution in [2.45, 2.75) is 19.1 Å². The minimum Gasteiger partial charge on any atom is -0.550 e. The van der Waals surface area contributed by atoms with Gasteiger partial charge in [0, 0.05) is 11.9 Å². The molecule has 0 N–H and O–H groups in total. The van der Waals surface area contributed by atoms with E-state index in [2.05, 4.69) is 0 Å². The van der Waals surface area contributed by atoms with Crippen molar-refractivity contribution in [3.63, 3.8) is 0 Å². The van der Waals surface area contributed by atoms with Crippen LogP contribution in [0.2, 0.25) is 0 Å². The number of hydrogen-bond donors (Lipinski definition) is 0. The third-order valence-corrected chi connectivity index (χ3v) is 2.64. The first-order valence-electron chi connectivity index (χ1n) is 4.16. The van der Waals surface area contributed by atoms with Crippen LogP contribution in [0.4, 0.5) is 0 Å². The van der Waals surface area contributed by atoms with Gasteiger partial charge in [0.1, 0.15) is 5.78 Å². The second kappa shape index (κ2) is 2.67. The SMILES string of the molecule is CC(=O)C1C(C(=O)[O-])[C@H]2C=C[C@@H]1O2. The van der Waals surface area contributed by atoms with Crippen molar-refractivity contribution in [2.24, 2.45) is 11.8 Å². The second-order valence-corrected chi connectivity index (χ2v) is 3.43. The predicted octanol–water partition coefficient (Wildman–Crippen LogP) is -1.11. The molecule has 4 heteroatoms. The molecule has 2 aliphatic rings. The highest BCUT2D eigenvalue weighted by Gasteiger charge is 2.48. The predicted molar refractivity (Wildman–Crippen MR) is 40.5 cm³/mol. The lowest BCUT2D eigenvalue weighted by Gasteiger charge is -2.23. The van der Waals surface area contributed by atoms with Crippen LogP contribution >= 0.6 is 0 Å². The molecule has 0 saturated carbocycles. The summed E-state index contributed by atoms with van der Waals surface area (Å²) in [5, 5.41) is 10.7. The molecule has 0 amide bonds. The van der Waals surface area contributed by atoms with E-state index in [1.54, 1.807) is 12.2 Å². The van der Waals surface area contributed by atoms with E-state index in [9.17, 15) is 14.7 Å². The van der Waals surface area contributed by atoms with E-state index in [0.717, 1.165) is 0 Å². The molecule has 0 radical (unpaired) electrons. The molecule has 0 aromatic rings. The van der Waals surface area contributed by atoms with Gasteiger partial charge >= 0.3 is 0 Å². The molecule has 2 rings (SSSR count). The maximum absolute atomic E-state index is 11.1. The van der Waals surface area contributed by atoms with Crippen LogP contribution in [0, 0.1) is 11.8 Å². The Balaban J connectivity index is 2.30. The fraction of sp³-hybridized carbons (Fsp3) is 0.556. The Morgan fingerprint density at radius 2 is 1.77 bits per heavy atom. The molecule has 2 heterocycles. The minimum absolute atomic E-state index is 0.147. The first-order valence-corrected chi connectivity index (χ1v) is 4.16. The third-order valence-electron chi connectivity index (χ3n) is 2.64. The molecule has 2 aliphatic heterocycles. The standard InChI is InChI=1S/C9H10O4/c1-4(10)7-5-2-3-6(13-5)8(7)9(11)12/h2-3,5-8H,1H3,(H,11,12)/p-1/t5-,6+,7?,8?/m0/s1. The van der Waals surface area contributed by atoms with E-state index in [4.69, 9.17) is 4.74 Å². The molecule has 1 fully saturated rings. The van der Waals surface area contributed by atoms with Crippen molar-refractivity contribution in [1.82, 2.24) is 0 Å². The molecule has 0 aromatic carbocycles. The molecule has 0 spiro atoms. The van der Waals surface area contributed by atoms with Crippen molar-refractivity contribution < 1.29 is 19.4 Å². The Hall–Kier alpha value is -1.16. The fourth-order valence-corrected chi connectivity index (χ4v) is 2.07. The summed E-state index contributed by atoms with van der Waals surface area (Å²) in [4.78, 5) is 21.9. The summed E-state index contributed by atoms with van der Waals surface area (Å²) in [6.07, 6.45) is 2.61. The van der Waals surface area contributed by atoms with Gasteiger partial charge in [-0.2, -0.15) is 0 Å². The topological polar surface area (TPSA) is 66.4 Å². The van der Waals surface area contributed by atoms with Gasteiger partial charge in [0.2, 0.25) is 0 Å². The van der Waals surface area contributed by atoms with Crippen molar-refractivity contribution in [2.75, 3.05) is 0 Å². The Kier molecular flexibility index (Phi) is 1.73. The largest absolute Gasteiger partial charge is 0.550 e. The first kappa shape index (κ1) is 8.44. The number of ether oxygens (including phenoxy) is 1. The number of aliphatic carboxylic acids is 1. The van der Waals surface area contributed by atoms with Gasteiger partial charge in [0.05, 0.1) is 18.1 Å². The highest BCUT2D eigenvalue weighted by molar-refractivity contribution is 5.86. The fourth-order valence-electron chi connectivity index (χ4n) is 2.07. The smallest absolute Gasteiger partial charge is 0.136 e. The second-order valence-electron chi connectivity index (χ2n) is 3.43. The zero-order valence-electron chi connectivity index (χ0n) is 7.10. The lowest BCUT2D eigenvalue weighted by molar-refractivity contribution is -0.313. The number of Topliss-reactive ketones (excluding diaryl/α,β-unsaturated/α-hetero) is 1. The molecule has 0 aliphatic carbocycles. The minimum atomic E-state index is -1.20. The Morgan fingerprint density at radius 3 is 2.15 bits per heavy atom. The van der Waals surface area contributed by atoms with E-state index in [0.29, 0.717) is 0 Å². The van der Waals surface area contributed by atoms with Gasteiger partial charge in [-0.05, 0) is 6.92 Å². The highest BCUT2D eigenvalue weighted by Crippen LogP contribution is 2.39. The number of carbonyl (C=O) groups excluding carboxylic acids is 2. The van der Waals surface area contributed by atoms with Crippen molar-refractivity contribution in [1.29, 1.82) is 0 Å². The van der Waals surface area contributed by atoms with E-state index in [1.807, 2.05) is 0 Å². The summed E-state index contributed by atoms with van der Waals surface area (Å²) < 4.78 is 5.27. The molecular weight excluding hydrogens is 172 g/mol. The number of ketones is 1. The van der Waals surface area contributed by atoms with Gasteiger partial charge in [-0.3, -0.25) is 4.79 Å². The van der Waals surface area contributed by atoms with Crippen molar-refractivity contribution >= 4 is 11.8 Å². The summed E-state index contributed by atoms with van der Waals surface area (Å²) in [7, 11) is 0. The van der Waals surface area contributed by atoms with Crippen LogP contribution in [0.1, 0.15) is 6.92 Å². The van der Waals surface area contributed by atoms with Crippen LogP contribution in [0.15, 0.2) is 12.2 Å². The molecule has 13 heavy (non-hydrogen) atoms. The summed E-state index contributed by atoms with van der Waals surface area (Å²) in [5.41, 5.74) is 0. The monoisotopic (exact) mass is 181 g/mol. The van der Waals surface area contributed by atoms with Gasteiger partial charge in [-0.1, -0.05) is 12.2 Å². The van der Waals surface area contributed by atoms with Gasteiger partial charge in [-0.15, -0.1) is 0 Å². The third kappa shape index (κ3) is 1.09. The molecule has 2 bridgehead atoms. The zero-order valence-corrected chi connectivity index (χ0v) is 7.10. The van der Waals surface area contributed by atoms with Crippen LogP contribution in [-0.2, 0) is 14.3 Å². The lowest BCUT2D eigenvalue weighted by Crippen LogP contribution is -2.42. The molecule has 1 saturated heterocycles. The quantitative estimate of drug-likeness (QED) is 0.507. The van der Waals surface area contributed by atoms with Crippen LogP contribution in [0.5, 0.6) is 0 Å². The van der Waals surface area contributed by atoms with Crippen LogP contribution in [0.25, 0.3) is 0 Å². The highest BCUT2D eigenvalue weighted by atomic mass is 16.5. The Morgan fingerprint density at radius 1 is 1.23 bits per heavy atom. The number of carboxylic acids is 1. The van der Waals surface area contributed by atoms with Gasteiger partial charge in [-0.25, -0.2) is 0 Å². The summed E-state index contributed by atoms with van der Waals surface area (Å²) in [5.74, 6) is -2.70. The number of carboxylic acid groups (broad SMARTS) is 1. The van der Waals surface area contributed by atoms with Crippen LogP contribution < -0.4 is 5.11 Å². The van der Waals surface area contributed by atoms with E-state index >= 15 is 0 Å². The lowest BCUT2D eigenvalue weighted by atomic mass is 9.81. The van der Waals surface area contributed by atoms with Crippen LogP contribution in [0.3, 0.4) is 0 Å². The van der Waals surface area contributed by atoms with E-state index < -0.39 is 23.9 Å². The maximum Gasteiger partial charge on any atom is 0.136 e. The Bertz CT molecular complexity index is 266. The Labute approximate surface area is 75.2 Å².